The summed E-state index contributed by atoms with van der Waals surface area (Å²) in [5.41, 5.74) is 0.00842. The lowest BCUT2D eigenvalue weighted by Gasteiger charge is -2.08. The summed E-state index contributed by atoms with van der Waals surface area (Å²) in [5, 5.41) is 17.4. The molecule has 0 aromatic heterocycles. The molecular formula is C10HCl5N2. The monoisotopic (exact) mass is 324 g/mol. The van der Waals surface area contributed by atoms with E-state index in [1.807, 2.05) is 0 Å². The normalized spacial score (nSPS) is 9.35. The second kappa shape index (κ2) is 5.83. The van der Waals surface area contributed by atoms with E-state index in [2.05, 4.69) is 0 Å². The number of hydrogen-bond donors (Lipinski definition) is 0. The van der Waals surface area contributed by atoms with E-state index in [4.69, 9.17) is 68.5 Å². The van der Waals surface area contributed by atoms with E-state index in [9.17, 15) is 0 Å². The van der Waals surface area contributed by atoms with Crippen molar-refractivity contribution in [1.82, 2.24) is 0 Å². The molecule has 2 nitrogen and oxygen atoms in total. The first-order valence-corrected chi connectivity index (χ1v) is 5.86. The molecular weight excluding hydrogens is 325 g/mol. The third kappa shape index (κ3) is 2.80. The summed E-state index contributed by atoms with van der Waals surface area (Å²) in [6.45, 7) is 0. The maximum absolute atomic E-state index is 8.64. The van der Waals surface area contributed by atoms with E-state index in [1.54, 1.807) is 12.1 Å². The molecule has 0 saturated carbocycles. The molecule has 0 atom stereocenters. The zero-order valence-corrected chi connectivity index (χ0v) is 11.6. The summed E-state index contributed by atoms with van der Waals surface area (Å²) in [6.07, 6.45) is 1.19. The number of nitriles is 2. The number of rotatable bonds is 1. The molecule has 0 amide bonds. The van der Waals surface area contributed by atoms with Crippen LogP contribution in [0.25, 0.3) is 6.08 Å². The van der Waals surface area contributed by atoms with Crippen LogP contribution >= 0.6 is 58.0 Å². The SMILES string of the molecule is N#CC(C#N)=Cc1c(Cl)c(Cl)c(Cl)c(Cl)c1Cl. The van der Waals surface area contributed by atoms with Crippen LogP contribution in [0.1, 0.15) is 5.56 Å². The van der Waals surface area contributed by atoms with Gasteiger partial charge in [-0.05, 0) is 6.08 Å². The Morgan fingerprint density at radius 2 is 1.12 bits per heavy atom. The van der Waals surface area contributed by atoms with E-state index < -0.39 is 0 Å². The highest BCUT2D eigenvalue weighted by atomic mass is 35.5. The zero-order chi connectivity index (χ0) is 13.2. The zero-order valence-electron chi connectivity index (χ0n) is 7.86. The lowest BCUT2D eigenvalue weighted by atomic mass is 10.1. The largest absolute Gasteiger partial charge is 0.192 e. The van der Waals surface area contributed by atoms with Crippen molar-refractivity contribution in [2.45, 2.75) is 0 Å². The van der Waals surface area contributed by atoms with Gasteiger partial charge in [0.1, 0.15) is 17.7 Å². The number of benzene rings is 1. The molecule has 0 radical (unpaired) electrons. The first kappa shape index (κ1) is 14.5. The fourth-order valence-corrected chi connectivity index (χ4v) is 2.24. The smallest absolute Gasteiger partial charge is 0.130 e. The lowest BCUT2D eigenvalue weighted by molar-refractivity contribution is 1.47. The second-order valence-corrected chi connectivity index (χ2v) is 4.66. The lowest BCUT2D eigenvalue weighted by Crippen LogP contribution is -1.86. The predicted molar refractivity (Wildman–Crippen MR) is 70.7 cm³/mol. The number of halogens is 5. The molecule has 0 heterocycles. The molecule has 1 aromatic carbocycles. The van der Waals surface area contributed by atoms with Crippen LogP contribution < -0.4 is 0 Å². The first-order valence-electron chi connectivity index (χ1n) is 3.97. The highest BCUT2D eigenvalue weighted by Crippen LogP contribution is 2.44. The Bertz CT molecular complexity index is 547. The van der Waals surface area contributed by atoms with Gasteiger partial charge in [-0.15, -0.1) is 0 Å². The Morgan fingerprint density at radius 3 is 1.47 bits per heavy atom. The summed E-state index contributed by atoms with van der Waals surface area (Å²) < 4.78 is 0. The molecule has 0 aliphatic rings. The van der Waals surface area contributed by atoms with Crippen molar-refractivity contribution in [3.63, 3.8) is 0 Å². The Labute approximate surface area is 123 Å². The molecule has 0 aliphatic heterocycles. The van der Waals surface area contributed by atoms with Crippen molar-refractivity contribution in [1.29, 1.82) is 10.5 Å². The van der Waals surface area contributed by atoms with Crippen molar-refractivity contribution >= 4 is 64.1 Å². The fourth-order valence-electron chi connectivity index (χ4n) is 0.982. The number of nitrogens with zero attached hydrogens (tertiary/aromatic N) is 2. The average Bonchev–Trinajstić information content (AvgIpc) is 2.34. The van der Waals surface area contributed by atoms with Crippen LogP contribution in [0.5, 0.6) is 0 Å². The molecule has 0 unspecified atom stereocenters. The quantitative estimate of drug-likeness (QED) is 0.395. The number of allylic oxidation sites excluding steroid dienone is 1. The van der Waals surface area contributed by atoms with Gasteiger partial charge in [-0.1, -0.05) is 58.0 Å². The molecule has 86 valence electrons. The van der Waals surface area contributed by atoms with Crippen molar-refractivity contribution in [2.75, 3.05) is 0 Å². The fraction of sp³-hybridized carbons (Fsp3) is 0. The van der Waals surface area contributed by atoms with Gasteiger partial charge in [0.25, 0.3) is 0 Å². The Kier molecular flexibility index (Phi) is 4.95. The van der Waals surface area contributed by atoms with Crippen molar-refractivity contribution in [2.24, 2.45) is 0 Å². The minimum atomic E-state index is -0.178. The summed E-state index contributed by atoms with van der Waals surface area (Å²) in [7, 11) is 0. The third-order valence-electron chi connectivity index (χ3n) is 1.77. The van der Waals surface area contributed by atoms with Gasteiger partial charge in [0, 0.05) is 5.56 Å². The molecule has 17 heavy (non-hydrogen) atoms. The summed E-state index contributed by atoms with van der Waals surface area (Å²) in [6, 6.07) is 3.34. The maximum atomic E-state index is 8.64. The standard InChI is InChI=1S/C10HCl5N2/c11-6-5(1-4(2-16)3-17)7(12)9(14)10(15)8(6)13/h1H. The van der Waals surface area contributed by atoms with Crippen LogP contribution in [0.2, 0.25) is 25.1 Å². The minimum absolute atomic E-state index is 0.0178. The highest BCUT2D eigenvalue weighted by molar-refractivity contribution is 6.55. The van der Waals surface area contributed by atoms with Gasteiger partial charge in [0.15, 0.2) is 0 Å². The van der Waals surface area contributed by atoms with Crippen LogP contribution in [-0.4, -0.2) is 0 Å². The predicted octanol–water partition coefficient (Wildman–Crippen LogP) is 5.38. The maximum Gasteiger partial charge on any atom is 0.130 e. The molecule has 0 aliphatic carbocycles. The molecule has 0 bridgehead atoms. The Balaban J connectivity index is 3.64. The average molecular weight is 326 g/mol. The van der Waals surface area contributed by atoms with E-state index in [0.717, 1.165) is 0 Å². The van der Waals surface area contributed by atoms with Gasteiger partial charge in [0.2, 0.25) is 0 Å². The van der Waals surface area contributed by atoms with Crippen molar-refractivity contribution in [3.05, 3.63) is 36.2 Å². The van der Waals surface area contributed by atoms with E-state index in [1.165, 1.54) is 6.08 Å². The summed E-state index contributed by atoms with van der Waals surface area (Å²) in [4.78, 5) is 0. The summed E-state index contributed by atoms with van der Waals surface area (Å²) >= 11 is 29.3. The van der Waals surface area contributed by atoms with Crippen molar-refractivity contribution < 1.29 is 0 Å². The van der Waals surface area contributed by atoms with Crippen LogP contribution in [0, 0.1) is 22.7 Å². The van der Waals surface area contributed by atoms with E-state index in [0.29, 0.717) is 0 Å². The molecule has 0 N–H and O–H groups in total. The Hall–Kier alpha value is -0.610. The van der Waals surface area contributed by atoms with Crippen LogP contribution in [0.15, 0.2) is 5.57 Å². The topological polar surface area (TPSA) is 47.6 Å². The van der Waals surface area contributed by atoms with Gasteiger partial charge in [0.05, 0.1) is 25.1 Å². The first-order chi connectivity index (χ1) is 7.93. The van der Waals surface area contributed by atoms with Gasteiger partial charge in [-0.2, -0.15) is 10.5 Å². The van der Waals surface area contributed by atoms with Crippen LogP contribution in [0.3, 0.4) is 0 Å². The van der Waals surface area contributed by atoms with Gasteiger partial charge in [-0.3, -0.25) is 0 Å². The molecule has 7 heteroatoms. The minimum Gasteiger partial charge on any atom is -0.192 e. The molecule has 1 aromatic rings. The molecule has 0 spiro atoms. The highest BCUT2D eigenvalue weighted by Gasteiger charge is 2.18. The molecule has 0 saturated heterocycles. The van der Waals surface area contributed by atoms with Crippen molar-refractivity contribution in [3.8, 4) is 12.1 Å². The van der Waals surface area contributed by atoms with Crippen LogP contribution in [0.4, 0.5) is 0 Å². The molecule has 1 rings (SSSR count). The van der Waals surface area contributed by atoms with E-state index >= 15 is 0 Å². The Morgan fingerprint density at radius 1 is 0.765 bits per heavy atom. The van der Waals surface area contributed by atoms with Crippen LogP contribution in [-0.2, 0) is 0 Å². The van der Waals surface area contributed by atoms with E-state index in [-0.39, 0.29) is 36.2 Å². The molecule has 0 fully saturated rings. The van der Waals surface area contributed by atoms with Gasteiger partial charge < -0.3 is 0 Å². The second-order valence-electron chi connectivity index (χ2n) is 2.77. The summed E-state index contributed by atoms with van der Waals surface area (Å²) in [5.74, 6) is 0. The number of hydrogen-bond acceptors (Lipinski definition) is 2. The van der Waals surface area contributed by atoms with Gasteiger partial charge in [-0.25, -0.2) is 0 Å². The van der Waals surface area contributed by atoms with Gasteiger partial charge >= 0.3 is 0 Å². The third-order valence-corrected chi connectivity index (χ3v) is 4.08.